The lowest BCUT2D eigenvalue weighted by Crippen LogP contribution is -2.15. The van der Waals surface area contributed by atoms with Gasteiger partial charge in [0.2, 0.25) is 6.29 Å². The number of benzene rings is 2. The summed E-state index contributed by atoms with van der Waals surface area (Å²) in [6.07, 6.45) is 4.14. The maximum Gasteiger partial charge on any atom is 0.342 e. The highest BCUT2D eigenvalue weighted by Crippen LogP contribution is 2.43. The van der Waals surface area contributed by atoms with Crippen LogP contribution in [0.2, 0.25) is 0 Å². The average Bonchev–Trinajstić information content (AvgIpc) is 3.49. The molecule has 1 aliphatic carbocycles. The number of nitriles is 1. The molecule has 41 heavy (non-hydrogen) atoms. The standard InChI is InChI=1S/C32H25ClN2O6/c1-35-30-28(19-9-13-23(39-3)14-10-19)26(41-32(30)37)16-21-6-4-5-20(29(21)33)15-25-27(24(17-34)31(36)40-25)18-7-11-22(38-2)12-8-18/h7-16,24,31,36H,4-6H2,2-3H3/b20-15+,26-16-. The van der Waals surface area contributed by atoms with Gasteiger partial charge in [-0.2, -0.15) is 5.26 Å². The monoisotopic (exact) mass is 568 g/mol. The second-order valence-electron chi connectivity index (χ2n) is 9.45. The Labute approximate surface area is 242 Å². The Kier molecular flexibility index (Phi) is 7.98. The lowest BCUT2D eigenvalue weighted by Gasteiger charge is -2.18. The van der Waals surface area contributed by atoms with E-state index in [1.165, 1.54) is 0 Å². The molecule has 0 spiro atoms. The van der Waals surface area contributed by atoms with Crippen LogP contribution < -0.4 is 9.47 Å². The number of allylic oxidation sites excluding steroid dienone is 6. The minimum atomic E-state index is -1.32. The van der Waals surface area contributed by atoms with Gasteiger partial charge in [-0.05, 0) is 78.0 Å². The number of halogens is 1. The van der Waals surface area contributed by atoms with Gasteiger partial charge < -0.3 is 24.1 Å². The van der Waals surface area contributed by atoms with Gasteiger partial charge in [-0.25, -0.2) is 4.85 Å². The van der Waals surface area contributed by atoms with E-state index in [-0.39, 0.29) is 11.5 Å². The van der Waals surface area contributed by atoms with Crippen molar-refractivity contribution in [1.29, 1.82) is 5.26 Å². The number of esters is 1. The molecule has 2 atom stereocenters. The van der Waals surface area contributed by atoms with E-state index in [9.17, 15) is 15.2 Å². The first-order valence-corrected chi connectivity index (χ1v) is 13.2. The molecule has 0 fully saturated rings. The summed E-state index contributed by atoms with van der Waals surface area (Å²) in [5, 5.41) is 20.7. The van der Waals surface area contributed by atoms with Gasteiger partial charge in [0.15, 0.2) is 0 Å². The first-order chi connectivity index (χ1) is 19.9. The van der Waals surface area contributed by atoms with Gasteiger partial charge in [-0.3, -0.25) is 4.79 Å². The van der Waals surface area contributed by atoms with Crippen molar-refractivity contribution < 1.29 is 28.8 Å². The molecular formula is C32H25ClN2O6. The quantitative estimate of drug-likeness (QED) is 0.323. The molecule has 3 aliphatic rings. The summed E-state index contributed by atoms with van der Waals surface area (Å²) in [6, 6.07) is 16.3. The number of carbonyl (C=O) groups is 1. The van der Waals surface area contributed by atoms with E-state index < -0.39 is 18.2 Å². The van der Waals surface area contributed by atoms with Crippen molar-refractivity contribution in [2.24, 2.45) is 5.92 Å². The summed E-state index contributed by atoms with van der Waals surface area (Å²) in [5.41, 5.74) is 3.69. The maximum absolute atomic E-state index is 12.5. The van der Waals surface area contributed by atoms with Gasteiger partial charge in [-0.15, -0.1) is 0 Å². The second-order valence-corrected chi connectivity index (χ2v) is 9.82. The summed E-state index contributed by atoms with van der Waals surface area (Å²) in [5.74, 6) is 0.308. The van der Waals surface area contributed by atoms with Crippen LogP contribution in [-0.4, -0.2) is 31.6 Å². The summed E-state index contributed by atoms with van der Waals surface area (Å²) >= 11 is 6.90. The van der Waals surface area contributed by atoms with E-state index in [2.05, 4.69) is 10.9 Å². The normalized spacial score (nSPS) is 22.5. The van der Waals surface area contributed by atoms with E-state index in [1.54, 1.807) is 62.8 Å². The second kappa shape index (κ2) is 11.8. The van der Waals surface area contributed by atoms with Crippen LogP contribution in [0.1, 0.15) is 30.4 Å². The number of hydrogen-bond donors (Lipinski definition) is 1. The Bertz CT molecular complexity index is 1630. The first kappa shape index (κ1) is 27.8. The zero-order chi connectivity index (χ0) is 29.1. The van der Waals surface area contributed by atoms with Gasteiger partial charge in [0.1, 0.15) is 28.9 Å². The molecular weight excluding hydrogens is 544 g/mol. The number of hydrogen-bond acceptors (Lipinski definition) is 7. The molecule has 1 N–H and O–H groups in total. The third kappa shape index (κ3) is 5.36. The number of aliphatic hydroxyl groups excluding tert-OH is 1. The van der Waals surface area contributed by atoms with Crippen LogP contribution in [0, 0.1) is 23.8 Å². The zero-order valence-electron chi connectivity index (χ0n) is 22.3. The summed E-state index contributed by atoms with van der Waals surface area (Å²) in [6.45, 7) is 7.55. The third-order valence-corrected chi connectivity index (χ3v) is 7.57. The number of nitrogens with zero attached hydrogens (tertiary/aromatic N) is 2. The molecule has 9 heteroatoms. The topological polar surface area (TPSA) is 102 Å². The maximum atomic E-state index is 12.5. The van der Waals surface area contributed by atoms with Crippen molar-refractivity contribution in [2.45, 2.75) is 25.6 Å². The largest absolute Gasteiger partial charge is 0.497 e. The van der Waals surface area contributed by atoms with E-state index in [0.29, 0.717) is 51.8 Å². The van der Waals surface area contributed by atoms with E-state index in [4.69, 9.17) is 37.1 Å². The van der Waals surface area contributed by atoms with Crippen molar-refractivity contribution in [2.75, 3.05) is 14.2 Å². The third-order valence-electron chi connectivity index (χ3n) is 7.09. The van der Waals surface area contributed by atoms with Crippen molar-refractivity contribution in [1.82, 2.24) is 0 Å². The molecule has 2 aromatic rings. The van der Waals surface area contributed by atoms with Crippen molar-refractivity contribution in [3.8, 4) is 17.6 Å². The molecule has 0 aromatic heterocycles. The number of ether oxygens (including phenoxy) is 4. The lowest BCUT2D eigenvalue weighted by molar-refractivity contribution is -0.132. The highest BCUT2D eigenvalue weighted by Gasteiger charge is 2.36. The number of cyclic esters (lactones) is 1. The molecule has 2 aliphatic heterocycles. The molecule has 8 nitrogen and oxygen atoms in total. The van der Waals surface area contributed by atoms with E-state index in [0.717, 1.165) is 23.1 Å². The lowest BCUT2D eigenvalue weighted by atomic mass is 9.90. The Morgan fingerprint density at radius 2 is 1.68 bits per heavy atom. The average molecular weight is 569 g/mol. The SMILES string of the molecule is [C-]#[N+]C1=C(c2ccc(OC)cc2)/C(=C/C2=C(Cl)C(=C/C3=C(c4ccc(OC)cc4)C(C#N)C(O)O3)/CCC2)OC1=O. The molecule has 0 saturated heterocycles. The van der Waals surface area contributed by atoms with Crippen molar-refractivity contribution >= 4 is 28.7 Å². The van der Waals surface area contributed by atoms with Gasteiger partial charge >= 0.3 is 5.97 Å². The molecule has 5 rings (SSSR count). The summed E-state index contributed by atoms with van der Waals surface area (Å²) in [7, 11) is 3.13. The Hall–Kier alpha value is -4.76. The smallest absolute Gasteiger partial charge is 0.342 e. The zero-order valence-corrected chi connectivity index (χ0v) is 23.1. The van der Waals surface area contributed by atoms with Crippen LogP contribution in [0.25, 0.3) is 16.0 Å². The molecule has 206 valence electrons. The minimum Gasteiger partial charge on any atom is -0.497 e. The van der Waals surface area contributed by atoms with E-state index >= 15 is 0 Å². The molecule has 0 bridgehead atoms. The number of carbonyl (C=O) groups excluding carboxylic acids is 1. The van der Waals surface area contributed by atoms with Crippen LogP contribution in [0.3, 0.4) is 0 Å². The predicted molar refractivity (Wildman–Crippen MR) is 152 cm³/mol. The van der Waals surface area contributed by atoms with E-state index in [1.807, 2.05) is 12.1 Å². The Morgan fingerprint density at radius 3 is 2.27 bits per heavy atom. The fraction of sp³-hybridized carbons (Fsp3) is 0.219. The van der Waals surface area contributed by atoms with Crippen LogP contribution in [-0.2, 0) is 14.3 Å². The summed E-state index contributed by atoms with van der Waals surface area (Å²) in [4.78, 5) is 16.0. The van der Waals surface area contributed by atoms with Crippen LogP contribution in [0.5, 0.6) is 11.5 Å². The van der Waals surface area contributed by atoms with Crippen LogP contribution in [0.15, 0.2) is 94.1 Å². The molecule has 0 saturated carbocycles. The fourth-order valence-electron chi connectivity index (χ4n) is 5.03. The molecule has 2 heterocycles. The molecule has 0 amide bonds. The highest BCUT2D eigenvalue weighted by molar-refractivity contribution is 6.32. The van der Waals surface area contributed by atoms with Crippen LogP contribution >= 0.6 is 11.6 Å². The van der Waals surface area contributed by atoms with Gasteiger partial charge in [0.25, 0.3) is 5.70 Å². The van der Waals surface area contributed by atoms with Gasteiger partial charge in [0.05, 0.1) is 26.9 Å². The fourth-order valence-corrected chi connectivity index (χ4v) is 5.33. The summed E-state index contributed by atoms with van der Waals surface area (Å²) < 4.78 is 21.7. The van der Waals surface area contributed by atoms with Gasteiger partial charge in [-0.1, -0.05) is 35.9 Å². The molecule has 2 aromatic carbocycles. The number of methoxy groups -OCH3 is 2. The Morgan fingerprint density at radius 1 is 1.05 bits per heavy atom. The number of aliphatic hydroxyl groups is 1. The Balaban J connectivity index is 1.56. The molecule has 0 radical (unpaired) electrons. The van der Waals surface area contributed by atoms with Crippen molar-refractivity contribution in [3.63, 3.8) is 0 Å². The minimum absolute atomic E-state index is 0.102. The highest BCUT2D eigenvalue weighted by atomic mass is 35.5. The van der Waals surface area contributed by atoms with Gasteiger partial charge in [0, 0.05) is 16.2 Å². The van der Waals surface area contributed by atoms with Crippen molar-refractivity contribution in [3.05, 3.63) is 117 Å². The molecule has 2 unspecified atom stereocenters. The predicted octanol–water partition coefficient (Wildman–Crippen LogP) is 6.28. The number of rotatable bonds is 6. The van der Waals surface area contributed by atoms with Crippen LogP contribution in [0.4, 0.5) is 0 Å². The first-order valence-electron chi connectivity index (χ1n) is 12.8.